The first-order valence-electron chi connectivity index (χ1n) is 6.30. The smallest absolute Gasteiger partial charge is 0.159 e. The summed E-state index contributed by atoms with van der Waals surface area (Å²) in [7, 11) is 0. The van der Waals surface area contributed by atoms with Crippen LogP contribution in [0.1, 0.15) is 44.5 Å². The summed E-state index contributed by atoms with van der Waals surface area (Å²) in [6, 6.07) is 3.65. The average Bonchev–Trinajstić information content (AvgIpc) is 2.35. The van der Waals surface area contributed by atoms with Gasteiger partial charge in [0, 0.05) is 24.8 Å². The lowest BCUT2D eigenvalue weighted by Crippen LogP contribution is -2.28. The van der Waals surface area contributed by atoms with E-state index in [9.17, 15) is 4.79 Å². The number of aromatic nitrogens is 1. The summed E-state index contributed by atoms with van der Waals surface area (Å²) in [6.07, 6.45) is 2.87. The maximum atomic E-state index is 11.3. The lowest BCUT2D eigenvalue weighted by molar-refractivity contribution is 0.101. The topological polar surface area (TPSA) is 33.2 Å². The fraction of sp³-hybridized carbons (Fsp3) is 0.571. The molecule has 1 atom stereocenters. The molecular formula is C14H22N2O. The van der Waals surface area contributed by atoms with E-state index in [0.29, 0.717) is 5.92 Å². The van der Waals surface area contributed by atoms with Gasteiger partial charge in [0.1, 0.15) is 5.82 Å². The number of hydrogen-bond donors (Lipinski definition) is 0. The van der Waals surface area contributed by atoms with E-state index < -0.39 is 0 Å². The van der Waals surface area contributed by atoms with E-state index in [0.717, 1.165) is 30.9 Å². The molecule has 1 unspecified atom stereocenters. The molecule has 0 saturated heterocycles. The molecule has 0 aliphatic heterocycles. The molecule has 17 heavy (non-hydrogen) atoms. The van der Waals surface area contributed by atoms with Crippen LogP contribution in [0.25, 0.3) is 0 Å². The van der Waals surface area contributed by atoms with E-state index >= 15 is 0 Å². The zero-order chi connectivity index (χ0) is 12.8. The number of carbonyl (C=O) groups is 1. The molecule has 0 N–H and O–H groups in total. The Balaban J connectivity index is 2.88. The minimum Gasteiger partial charge on any atom is -0.357 e. The maximum Gasteiger partial charge on any atom is 0.159 e. The van der Waals surface area contributed by atoms with Crippen molar-refractivity contribution in [1.29, 1.82) is 0 Å². The molecule has 0 radical (unpaired) electrons. The van der Waals surface area contributed by atoms with Crippen LogP contribution in [0.2, 0.25) is 0 Å². The zero-order valence-electron chi connectivity index (χ0n) is 11.2. The second-order valence-corrected chi connectivity index (χ2v) is 4.51. The molecule has 1 aromatic rings. The Labute approximate surface area is 104 Å². The van der Waals surface area contributed by atoms with Crippen molar-refractivity contribution in [3.8, 4) is 0 Å². The van der Waals surface area contributed by atoms with Crippen molar-refractivity contribution in [3.63, 3.8) is 0 Å². The fourth-order valence-corrected chi connectivity index (χ4v) is 1.70. The Hall–Kier alpha value is -1.38. The van der Waals surface area contributed by atoms with Crippen LogP contribution >= 0.6 is 0 Å². The van der Waals surface area contributed by atoms with Crippen LogP contribution in [0, 0.1) is 5.92 Å². The molecule has 3 heteroatoms. The highest BCUT2D eigenvalue weighted by Gasteiger charge is 2.10. The highest BCUT2D eigenvalue weighted by molar-refractivity contribution is 5.94. The number of ketones is 1. The van der Waals surface area contributed by atoms with E-state index in [1.54, 1.807) is 19.2 Å². The molecule has 0 spiro atoms. The van der Waals surface area contributed by atoms with E-state index in [1.165, 1.54) is 0 Å². The lowest BCUT2D eigenvalue weighted by Gasteiger charge is -2.25. The van der Waals surface area contributed by atoms with Crippen molar-refractivity contribution in [3.05, 3.63) is 23.9 Å². The summed E-state index contributed by atoms with van der Waals surface area (Å²) in [4.78, 5) is 17.9. The number of Topliss-reactive ketones (excluding diaryl/α,β-unsaturated/α-hetero) is 1. The second kappa shape index (κ2) is 6.38. The van der Waals surface area contributed by atoms with Crippen molar-refractivity contribution in [2.45, 2.75) is 34.1 Å². The summed E-state index contributed by atoms with van der Waals surface area (Å²) in [6.45, 7) is 10.0. The molecule has 0 aliphatic carbocycles. The molecular weight excluding hydrogens is 212 g/mol. The fourth-order valence-electron chi connectivity index (χ4n) is 1.70. The number of hydrogen-bond acceptors (Lipinski definition) is 3. The van der Waals surface area contributed by atoms with Crippen molar-refractivity contribution in [2.75, 3.05) is 18.0 Å². The standard InChI is InChI=1S/C14H22N2O/c1-5-11(3)10-16(6-2)14-9-13(12(4)17)7-8-15-14/h7-9,11H,5-6,10H2,1-4H3. The third-order valence-electron chi connectivity index (χ3n) is 3.09. The molecule has 0 aromatic carbocycles. The lowest BCUT2D eigenvalue weighted by atomic mass is 10.1. The molecule has 0 aliphatic rings. The summed E-state index contributed by atoms with van der Waals surface area (Å²) >= 11 is 0. The van der Waals surface area contributed by atoms with Crippen molar-refractivity contribution >= 4 is 11.6 Å². The molecule has 0 bridgehead atoms. The number of anilines is 1. The number of nitrogens with zero attached hydrogens (tertiary/aromatic N) is 2. The van der Waals surface area contributed by atoms with Gasteiger partial charge in [0.25, 0.3) is 0 Å². The Morgan fingerprint density at radius 2 is 2.18 bits per heavy atom. The van der Waals surface area contributed by atoms with Gasteiger partial charge in [-0.2, -0.15) is 0 Å². The summed E-state index contributed by atoms with van der Waals surface area (Å²) in [5, 5.41) is 0. The zero-order valence-corrected chi connectivity index (χ0v) is 11.2. The van der Waals surface area contributed by atoms with Gasteiger partial charge in [-0.3, -0.25) is 4.79 Å². The molecule has 1 aromatic heterocycles. The van der Waals surface area contributed by atoms with E-state index in [4.69, 9.17) is 0 Å². The normalized spacial score (nSPS) is 12.2. The third-order valence-corrected chi connectivity index (χ3v) is 3.09. The van der Waals surface area contributed by atoms with Crippen LogP contribution in [0.3, 0.4) is 0 Å². The van der Waals surface area contributed by atoms with Crippen molar-refractivity contribution < 1.29 is 4.79 Å². The predicted octanol–water partition coefficient (Wildman–Crippen LogP) is 3.16. The summed E-state index contributed by atoms with van der Waals surface area (Å²) in [5.74, 6) is 1.63. The molecule has 1 heterocycles. The second-order valence-electron chi connectivity index (χ2n) is 4.51. The maximum absolute atomic E-state index is 11.3. The Morgan fingerprint density at radius 3 is 2.71 bits per heavy atom. The Kier molecular flexibility index (Phi) is 5.13. The summed E-state index contributed by atoms with van der Waals surface area (Å²) < 4.78 is 0. The van der Waals surface area contributed by atoms with Gasteiger partial charge in [0.15, 0.2) is 5.78 Å². The minimum absolute atomic E-state index is 0.0910. The van der Waals surface area contributed by atoms with Crippen LogP contribution in [0.4, 0.5) is 5.82 Å². The van der Waals surface area contributed by atoms with Crippen molar-refractivity contribution in [2.24, 2.45) is 5.92 Å². The average molecular weight is 234 g/mol. The van der Waals surface area contributed by atoms with Crippen LogP contribution in [-0.2, 0) is 0 Å². The highest BCUT2D eigenvalue weighted by Crippen LogP contribution is 2.15. The first kappa shape index (κ1) is 13.7. The number of carbonyl (C=O) groups excluding carboxylic acids is 1. The first-order chi connectivity index (χ1) is 8.08. The van der Waals surface area contributed by atoms with Gasteiger partial charge in [-0.05, 0) is 31.9 Å². The van der Waals surface area contributed by atoms with Gasteiger partial charge < -0.3 is 4.90 Å². The quantitative estimate of drug-likeness (QED) is 0.709. The van der Waals surface area contributed by atoms with Crippen molar-refractivity contribution in [1.82, 2.24) is 4.98 Å². The Morgan fingerprint density at radius 1 is 1.47 bits per heavy atom. The monoisotopic (exact) mass is 234 g/mol. The van der Waals surface area contributed by atoms with Gasteiger partial charge in [-0.1, -0.05) is 20.3 Å². The van der Waals surface area contributed by atoms with E-state index in [2.05, 4.69) is 30.7 Å². The van der Waals surface area contributed by atoms with Gasteiger partial charge in [0.2, 0.25) is 0 Å². The highest BCUT2D eigenvalue weighted by atomic mass is 16.1. The third kappa shape index (κ3) is 3.84. The largest absolute Gasteiger partial charge is 0.357 e. The van der Waals surface area contributed by atoms with Gasteiger partial charge in [-0.25, -0.2) is 4.98 Å². The minimum atomic E-state index is 0.0910. The first-order valence-corrected chi connectivity index (χ1v) is 6.30. The molecule has 3 nitrogen and oxygen atoms in total. The number of rotatable bonds is 6. The molecule has 0 saturated carbocycles. The molecule has 94 valence electrons. The predicted molar refractivity (Wildman–Crippen MR) is 71.6 cm³/mol. The Bertz CT molecular complexity index is 376. The van der Waals surface area contributed by atoms with Crippen LogP contribution in [0.15, 0.2) is 18.3 Å². The SMILES string of the molecule is CCC(C)CN(CC)c1cc(C(C)=O)ccn1. The molecule has 1 rings (SSSR count). The molecule has 0 amide bonds. The van der Waals surface area contributed by atoms with Gasteiger partial charge >= 0.3 is 0 Å². The summed E-state index contributed by atoms with van der Waals surface area (Å²) in [5.41, 5.74) is 0.734. The van der Waals surface area contributed by atoms with Gasteiger partial charge in [0.05, 0.1) is 0 Å². The van der Waals surface area contributed by atoms with Crippen LogP contribution < -0.4 is 4.90 Å². The number of pyridine rings is 1. The van der Waals surface area contributed by atoms with E-state index in [1.807, 2.05) is 6.07 Å². The van der Waals surface area contributed by atoms with E-state index in [-0.39, 0.29) is 5.78 Å². The van der Waals surface area contributed by atoms with Gasteiger partial charge in [-0.15, -0.1) is 0 Å². The molecule has 0 fully saturated rings. The van der Waals surface area contributed by atoms with Crippen LogP contribution in [0.5, 0.6) is 0 Å². The van der Waals surface area contributed by atoms with Crippen LogP contribution in [-0.4, -0.2) is 23.9 Å².